The highest BCUT2D eigenvalue weighted by Crippen LogP contribution is 2.45. The molecule has 1 heterocycles. The topological polar surface area (TPSA) is 29.5 Å². The molecule has 1 spiro atoms. The van der Waals surface area contributed by atoms with E-state index in [-0.39, 0.29) is 17.3 Å². The van der Waals surface area contributed by atoms with Gasteiger partial charge in [-0.3, -0.25) is 0 Å². The lowest BCUT2D eigenvalue weighted by Gasteiger charge is -2.44. The third kappa shape index (κ3) is 3.17. The predicted octanol–water partition coefficient (Wildman–Crippen LogP) is 4.75. The minimum atomic E-state index is -0.761. The van der Waals surface area contributed by atoms with Gasteiger partial charge < -0.3 is 9.84 Å². The van der Waals surface area contributed by atoms with Gasteiger partial charge in [0, 0.05) is 16.6 Å². The van der Waals surface area contributed by atoms with Gasteiger partial charge in [0.05, 0.1) is 11.7 Å². The van der Waals surface area contributed by atoms with Crippen molar-refractivity contribution in [3.63, 3.8) is 0 Å². The second-order valence-electron chi connectivity index (χ2n) is 6.43. The molecule has 2 nitrogen and oxygen atoms in total. The van der Waals surface area contributed by atoms with E-state index < -0.39 is 6.10 Å². The summed E-state index contributed by atoms with van der Waals surface area (Å²) in [7, 11) is 0. The van der Waals surface area contributed by atoms with Gasteiger partial charge in [0.1, 0.15) is 5.82 Å². The first-order valence-electron chi connectivity index (χ1n) is 7.87. The Hall–Kier alpha value is -0.450. The van der Waals surface area contributed by atoms with E-state index in [9.17, 15) is 9.50 Å². The lowest BCUT2D eigenvalue weighted by Crippen LogP contribution is -2.43. The first-order chi connectivity index (χ1) is 10.1. The van der Waals surface area contributed by atoms with Gasteiger partial charge in [-0.2, -0.15) is 0 Å². The number of aliphatic hydroxyl groups excluding tert-OH is 1. The van der Waals surface area contributed by atoms with Crippen LogP contribution in [0.2, 0.25) is 0 Å². The van der Waals surface area contributed by atoms with E-state index in [1.165, 1.54) is 25.3 Å². The molecule has 21 heavy (non-hydrogen) atoms. The summed E-state index contributed by atoms with van der Waals surface area (Å²) in [6.07, 6.45) is 6.71. The van der Waals surface area contributed by atoms with Crippen LogP contribution >= 0.6 is 15.9 Å². The van der Waals surface area contributed by atoms with Crippen LogP contribution in [0.4, 0.5) is 4.39 Å². The van der Waals surface area contributed by atoms with Crippen molar-refractivity contribution in [3.05, 3.63) is 34.1 Å². The molecule has 4 heteroatoms. The van der Waals surface area contributed by atoms with E-state index in [0.29, 0.717) is 16.6 Å². The summed E-state index contributed by atoms with van der Waals surface area (Å²) in [5, 5.41) is 10.7. The van der Waals surface area contributed by atoms with E-state index in [4.69, 9.17) is 4.74 Å². The number of benzene rings is 1. The van der Waals surface area contributed by atoms with Crippen LogP contribution in [0.15, 0.2) is 22.7 Å². The molecule has 2 unspecified atom stereocenters. The number of halogens is 2. The van der Waals surface area contributed by atoms with Crippen LogP contribution in [0.5, 0.6) is 0 Å². The van der Waals surface area contributed by atoms with Gasteiger partial charge in [0.2, 0.25) is 0 Å². The SMILES string of the molecule is OC(c1c(F)cccc1Br)C1CCOC2(CCCCC2)C1. The van der Waals surface area contributed by atoms with Crippen LogP contribution in [-0.4, -0.2) is 17.3 Å². The van der Waals surface area contributed by atoms with Gasteiger partial charge in [0.25, 0.3) is 0 Å². The Kier molecular flexibility index (Phi) is 4.67. The monoisotopic (exact) mass is 356 g/mol. The van der Waals surface area contributed by atoms with E-state index in [1.54, 1.807) is 12.1 Å². The molecule has 1 N–H and O–H groups in total. The summed E-state index contributed by atoms with van der Waals surface area (Å²) in [6, 6.07) is 4.86. The molecule has 1 aliphatic heterocycles. The van der Waals surface area contributed by atoms with E-state index >= 15 is 0 Å². The Bertz CT molecular complexity index is 474. The van der Waals surface area contributed by atoms with Crippen LogP contribution in [-0.2, 0) is 4.74 Å². The Morgan fingerprint density at radius 2 is 2.05 bits per heavy atom. The van der Waals surface area contributed by atoms with Crippen molar-refractivity contribution in [3.8, 4) is 0 Å². The van der Waals surface area contributed by atoms with Crippen LogP contribution in [0.3, 0.4) is 0 Å². The van der Waals surface area contributed by atoms with Crippen LogP contribution in [0.25, 0.3) is 0 Å². The smallest absolute Gasteiger partial charge is 0.130 e. The molecule has 0 bridgehead atoms. The molecule has 1 saturated carbocycles. The zero-order valence-electron chi connectivity index (χ0n) is 12.2. The summed E-state index contributed by atoms with van der Waals surface area (Å²) < 4.78 is 20.8. The average molecular weight is 357 g/mol. The summed E-state index contributed by atoms with van der Waals surface area (Å²) in [5.74, 6) is -0.258. The zero-order chi connectivity index (χ0) is 14.9. The third-order valence-corrected chi connectivity index (χ3v) is 5.73. The van der Waals surface area contributed by atoms with Crippen molar-refractivity contribution in [2.75, 3.05) is 6.61 Å². The molecule has 1 saturated heterocycles. The summed E-state index contributed by atoms with van der Waals surface area (Å²) in [4.78, 5) is 0. The van der Waals surface area contributed by atoms with Crippen LogP contribution in [0.1, 0.15) is 56.6 Å². The lowest BCUT2D eigenvalue weighted by atomic mass is 9.74. The highest BCUT2D eigenvalue weighted by Gasteiger charge is 2.41. The van der Waals surface area contributed by atoms with E-state index in [0.717, 1.165) is 25.7 Å². The van der Waals surface area contributed by atoms with E-state index in [2.05, 4.69) is 15.9 Å². The minimum absolute atomic E-state index is 0.0696. The molecule has 1 aliphatic carbocycles. The van der Waals surface area contributed by atoms with Crippen molar-refractivity contribution in [1.29, 1.82) is 0 Å². The Morgan fingerprint density at radius 1 is 1.29 bits per heavy atom. The minimum Gasteiger partial charge on any atom is -0.388 e. The fourth-order valence-electron chi connectivity index (χ4n) is 3.91. The van der Waals surface area contributed by atoms with Gasteiger partial charge >= 0.3 is 0 Å². The van der Waals surface area contributed by atoms with Crippen molar-refractivity contribution < 1.29 is 14.2 Å². The largest absolute Gasteiger partial charge is 0.388 e. The zero-order valence-corrected chi connectivity index (χ0v) is 13.7. The van der Waals surface area contributed by atoms with Crippen molar-refractivity contribution >= 4 is 15.9 Å². The number of hydrogen-bond acceptors (Lipinski definition) is 2. The number of ether oxygens (including phenoxy) is 1. The van der Waals surface area contributed by atoms with Gasteiger partial charge in [-0.25, -0.2) is 4.39 Å². The molecule has 3 rings (SSSR count). The first-order valence-corrected chi connectivity index (χ1v) is 8.67. The predicted molar refractivity (Wildman–Crippen MR) is 83.6 cm³/mol. The molecule has 0 aromatic heterocycles. The Balaban J connectivity index is 1.79. The summed E-state index contributed by atoms with van der Waals surface area (Å²) in [6.45, 7) is 0.674. The number of rotatable bonds is 2. The normalized spacial score (nSPS) is 26.7. The standard InChI is InChI=1S/C17H22BrFO2/c18-13-5-4-6-14(19)15(13)16(20)12-7-10-21-17(11-12)8-2-1-3-9-17/h4-6,12,16,20H,1-3,7-11H2. The molecular formula is C17H22BrFO2. The quantitative estimate of drug-likeness (QED) is 0.828. The van der Waals surface area contributed by atoms with Gasteiger partial charge in [-0.05, 0) is 43.7 Å². The van der Waals surface area contributed by atoms with Crippen LogP contribution in [0, 0.1) is 11.7 Å². The first kappa shape index (κ1) is 15.4. The molecule has 2 atom stereocenters. The molecular weight excluding hydrogens is 335 g/mol. The highest BCUT2D eigenvalue weighted by atomic mass is 79.9. The second-order valence-corrected chi connectivity index (χ2v) is 7.28. The van der Waals surface area contributed by atoms with Crippen LogP contribution < -0.4 is 0 Å². The maximum absolute atomic E-state index is 14.1. The average Bonchev–Trinajstić information content (AvgIpc) is 2.48. The molecule has 0 radical (unpaired) electrons. The molecule has 1 aromatic rings. The van der Waals surface area contributed by atoms with Crippen molar-refractivity contribution in [2.45, 2.75) is 56.7 Å². The van der Waals surface area contributed by atoms with Crippen molar-refractivity contribution in [2.24, 2.45) is 5.92 Å². The van der Waals surface area contributed by atoms with E-state index in [1.807, 2.05) is 0 Å². The maximum Gasteiger partial charge on any atom is 0.130 e. The van der Waals surface area contributed by atoms with Crippen molar-refractivity contribution in [1.82, 2.24) is 0 Å². The van der Waals surface area contributed by atoms with Gasteiger partial charge in [-0.1, -0.05) is 41.3 Å². The Labute approximate surface area is 133 Å². The number of hydrogen-bond donors (Lipinski definition) is 1. The molecule has 0 amide bonds. The highest BCUT2D eigenvalue weighted by molar-refractivity contribution is 9.10. The molecule has 1 aromatic carbocycles. The lowest BCUT2D eigenvalue weighted by molar-refractivity contribution is -0.134. The number of aliphatic hydroxyl groups is 1. The van der Waals surface area contributed by atoms with Gasteiger partial charge in [-0.15, -0.1) is 0 Å². The third-order valence-electron chi connectivity index (χ3n) is 5.04. The molecule has 2 aliphatic rings. The molecule has 2 fully saturated rings. The maximum atomic E-state index is 14.1. The molecule has 116 valence electrons. The second kappa shape index (κ2) is 6.35. The fraction of sp³-hybridized carbons (Fsp3) is 0.647. The summed E-state index contributed by atoms with van der Waals surface area (Å²) in [5.41, 5.74) is 0.329. The summed E-state index contributed by atoms with van der Waals surface area (Å²) >= 11 is 3.37. The Morgan fingerprint density at radius 3 is 2.76 bits per heavy atom. The fourth-order valence-corrected chi connectivity index (χ4v) is 4.49. The van der Waals surface area contributed by atoms with Gasteiger partial charge in [0.15, 0.2) is 0 Å².